The molecule has 7 heteroatoms. The van der Waals surface area contributed by atoms with E-state index in [0.29, 0.717) is 24.8 Å². The van der Waals surface area contributed by atoms with Gasteiger partial charge in [0.2, 0.25) is 5.91 Å². The van der Waals surface area contributed by atoms with Crippen LogP contribution < -0.4 is 5.56 Å². The number of rotatable bonds is 3. The van der Waals surface area contributed by atoms with Gasteiger partial charge in [-0.2, -0.15) is 0 Å². The number of nitrogens with one attached hydrogen (secondary N) is 1. The van der Waals surface area contributed by atoms with Gasteiger partial charge in [0.05, 0.1) is 5.69 Å². The molecule has 0 atom stereocenters. The van der Waals surface area contributed by atoms with Crippen molar-refractivity contribution < 1.29 is 9.59 Å². The highest BCUT2D eigenvalue weighted by Gasteiger charge is 2.33. The number of para-hydroxylation sites is 1. The van der Waals surface area contributed by atoms with Crippen molar-refractivity contribution in [1.82, 2.24) is 19.6 Å². The third-order valence-corrected chi connectivity index (χ3v) is 5.53. The summed E-state index contributed by atoms with van der Waals surface area (Å²) < 4.78 is 1.34. The average molecular weight is 368 g/mol. The second-order valence-corrected chi connectivity index (χ2v) is 7.28. The highest BCUT2D eigenvalue weighted by molar-refractivity contribution is 5.95. The minimum Gasteiger partial charge on any atom is -0.336 e. The summed E-state index contributed by atoms with van der Waals surface area (Å²) in [6, 6.07) is 10.7. The van der Waals surface area contributed by atoms with E-state index in [4.69, 9.17) is 0 Å². The van der Waals surface area contributed by atoms with Crippen molar-refractivity contribution in [3.05, 3.63) is 52.4 Å². The molecule has 0 bridgehead atoms. The van der Waals surface area contributed by atoms with Crippen molar-refractivity contribution in [1.29, 1.82) is 0 Å². The fourth-order valence-corrected chi connectivity index (χ4v) is 4.08. The first-order valence-electron chi connectivity index (χ1n) is 9.60. The number of piperazine rings is 1. The summed E-state index contributed by atoms with van der Waals surface area (Å²) in [6.07, 6.45) is 5.71. The van der Waals surface area contributed by atoms with Crippen molar-refractivity contribution in [3.8, 4) is 5.69 Å². The van der Waals surface area contributed by atoms with Crippen LogP contribution in [0.2, 0.25) is 0 Å². The molecule has 1 saturated heterocycles. The predicted molar refractivity (Wildman–Crippen MR) is 101 cm³/mol. The third kappa shape index (κ3) is 3.54. The number of H-pyrrole nitrogens is 1. The molecule has 1 aliphatic carbocycles. The normalized spacial score (nSPS) is 18.7. The molecule has 27 heavy (non-hydrogen) atoms. The van der Waals surface area contributed by atoms with Gasteiger partial charge in [0.1, 0.15) is 12.2 Å². The van der Waals surface area contributed by atoms with Crippen LogP contribution in [-0.2, 0) is 4.79 Å². The summed E-state index contributed by atoms with van der Waals surface area (Å²) >= 11 is 0. The van der Waals surface area contributed by atoms with Gasteiger partial charge < -0.3 is 9.80 Å². The summed E-state index contributed by atoms with van der Waals surface area (Å²) in [5.41, 5.74) is 0.583. The first-order valence-corrected chi connectivity index (χ1v) is 9.60. The van der Waals surface area contributed by atoms with Crippen LogP contribution in [0.4, 0.5) is 0 Å². The summed E-state index contributed by atoms with van der Waals surface area (Å²) in [5, 5.41) is 2.87. The lowest BCUT2D eigenvalue weighted by Gasteiger charge is -2.40. The van der Waals surface area contributed by atoms with Gasteiger partial charge in [-0.15, -0.1) is 0 Å². The van der Waals surface area contributed by atoms with Crippen LogP contribution in [0.5, 0.6) is 0 Å². The Kier molecular flexibility index (Phi) is 4.83. The highest BCUT2D eigenvalue weighted by atomic mass is 16.2. The number of hydrogen-bond acceptors (Lipinski definition) is 3. The maximum Gasteiger partial charge on any atom is 0.272 e. The summed E-state index contributed by atoms with van der Waals surface area (Å²) in [5.74, 6) is -0.301. The van der Waals surface area contributed by atoms with E-state index in [0.717, 1.165) is 12.8 Å². The second kappa shape index (κ2) is 7.42. The number of carbonyl (C=O) groups excluding carboxylic acids is 2. The van der Waals surface area contributed by atoms with Crippen LogP contribution in [0.25, 0.3) is 5.69 Å². The van der Waals surface area contributed by atoms with E-state index in [1.54, 1.807) is 12.1 Å². The van der Waals surface area contributed by atoms with E-state index < -0.39 is 0 Å². The van der Waals surface area contributed by atoms with Crippen molar-refractivity contribution in [2.75, 3.05) is 19.6 Å². The molecule has 4 rings (SSSR count). The highest BCUT2D eigenvalue weighted by Crippen LogP contribution is 2.24. The summed E-state index contributed by atoms with van der Waals surface area (Å²) in [6.45, 7) is 1.15. The molecule has 1 N–H and O–H groups in total. The van der Waals surface area contributed by atoms with Gasteiger partial charge in [0, 0.05) is 25.2 Å². The third-order valence-electron chi connectivity index (χ3n) is 5.53. The Hall–Kier alpha value is -2.83. The molecule has 1 aromatic heterocycles. The molecule has 7 nitrogen and oxygen atoms in total. The molecular weight excluding hydrogens is 344 g/mol. The maximum absolute atomic E-state index is 12.8. The molecule has 1 aromatic carbocycles. The smallest absolute Gasteiger partial charge is 0.272 e. The van der Waals surface area contributed by atoms with E-state index in [9.17, 15) is 14.4 Å². The van der Waals surface area contributed by atoms with E-state index in [1.807, 2.05) is 23.1 Å². The summed E-state index contributed by atoms with van der Waals surface area (Å²) in [7, 11) is 0. The van der Waals surface area contributed by atoms with E-state index in [2.05, 4.69) is 5.10 Å². The monoisotopic (exact) mass is 368 g/mol. The average Bonchev–Trinajstić information content (AvgIpc) is 3.10. The topological polar surface area (TPSA) is 78.4 Å². The fraction of sp³-hybridized carbons (Fsp3) is 0.450. The molecule has 2 fully saturated rings. The zero-order valence-corrected chi connectivity index (χ0v) is 15.3. The Morgan fingerprint density at radius 3 is 2.44 bits per heavy atom. The Morgan fingerprint density at radius 2 is 1.74 bits per heavy atom. The number of nitrogens with zero attached hydrogens (tertiary/aromatic N) is 3. The molecule has 1 aliphatic heterocycles. The Bertz CT molecular complexity index is 880. The zero-order chi connectivity index (χ0) is 18.8. The van der Waals surface area contributed by atoms with E-state index in [-0.39, 0.29) is 29.6 Å². The van der Waals surface area contributed by atoms with Crippen LogP contribution in [0.15, 0.2) is 41.2 Å². The molecule has 2 amide bonds. The lowest BCUT2D eigenvalue weighted by atomic mass is 9.93. The van der Waals surface area contributed by atoms with Crippen LogP contribution in [0, 0.1) is 0 Å². The Labute approximate surface area is 157 Å². The number of benzene rings is 1. The van der Waals surface area contributed by atoms with Crippen molar-refractivity contribution in [2.45, 2.75) is 38.1 Å². The first-order chi connectivity index (χ1) is 13.1. The van der Waals surface area contributed by atoms with Gasteiger partial charge >= 0.3 is 0 Å². The van der Waals surface area contributed by atoms with Crippen LogP contribution >= 0.6 is 0 Å². The number of carbonyl (C=O) groups is 2. The van der Waals surface area contributed by atoms with Crippen molar-refractivity contribution >= 4 is 11.8 Å². The standard InChI is InChI=1S/C20H24N4O3/c25-18-13-17(21-24(18)16-9-5-2-6-10-16)20(27)22-11-12-23(19(26)14-22)15-7-3-1-4-8-15/h2,5-6,9-10,13,15,21H,1,3-4,7-8,11-12,14H2. The molecule has 142 valence electrons. The number of hydrogen-bond donors (Lipinski definition) is 1. The van der Waals surface area contributed by atoms with Gasteiger partial charge in [-0.05, 0) is 25.0 Å². The fourth-order valence-electron chi connectivity index (χ4n) is 4.08. The van der Waals surface area contributed by atoms with Crippen LogP contribution in [-0.4, -0.2) is 57.1 Å². The quantitative estimate of drug-likeness (QED) is 0.897. The molecule has 2 heterocycles. The summed E-state index contributed by atoms with van der Waals surface area (Å²) in [4.78, 5) is 41.1. The SMILES string of the molecule is O=C(c1cc(=O)n(-c2ccccc2)[nH]1)N1CCN(C2CCCCC2)C(=O)C1. The Balaban J connectivity index is 1.46. The first kappa shape index (κ1) is 17.6. The lowest BCUT2D eigenvalue weighted by molar-refractivity contribution is -0.138. The molecular formula is C20H24N4O3. The van der Waals surface area contributed by atoms with Gasteiger partial charge in [-0.1, -0.05) is 37.5 Å². The molecule has 2 aliphatic rings. The molecule has 0 radical (unpaired) electrons. The second-order valence-electron chi connectivity index (χ2n) is 7.28. The predicted octanol–water partition coefficient (Wildman–Crippen LogP) is 1.78. The van der Waals surface area contributed by atoms with Crippen molar-refractivity contribution in [3.63, 3.8) is 0 Å². The molecule has 2 aromatic rings. The minimum atomic E-state index is -0.307. The maximum atomic E-state index is 12.8. The number of aromatic amines is 1. The number of aromatic nitrogens is 2. The zero-order valence-electron chi connectivity index (χ0n) is 15.3. The lowest BCUT2D eigenvalue weighted by Crippen LogP contribution is -2.55. The van der Waals surface area contributed by atoms with E-state index >= 15 is 0 Å². The van der Waals surface area contributed by atoms with Crippen LogP contribution in [0.3, 0.4) is 0 Å². The largest absolute Gasteiger partial charge is 0.336 e. The molecule has 0 unspecified atom stereocenters. The number of amides is 2. The van der Waals surface area contributed by atoms with Gasteiger partial charge in [-0.3, -0.25) is 19.5 Å². The van der Waals surface area contributed by atoms with E-state index in [1.165, 1.54) is 34.9 Å². The van der Waals surface area contributed by atoms with Crippen molar-refractivity contribution in [2.24, 2.45) is 0 Å². The molecule has 0 spiro atoms. The Morgan fingerprint density at radius 1 is 1.00 bits per heavy atom. The van der Waals surface area contributed by atoms with Gasteiger partial charge in [0.15, 0.2) is 0 Å². The van der Waals surface area contributed by atoms with Crippen LogP contribution in [0.1, 0.15) is 42.6 Å². The van der Waals surface area contributed by atoms with Gasteiger partial charge in [-0.25, -0.2) is 4.68 Å². The molecule has 1 saturated carbocycles. The minimum absolute atomic E-state index is 0.00587. The van der Waals surface area contributed by atoms with Gasteiger partial charge in [0.25, 0.3) is 11.5 Å².